The Morgan fingerprint density at radius 1 is 1.60 bits per heavy atom. The van der Waals surface area contributed by atoms with Gasteiger partial charge in [-0.25, -0.2) is 0 Å². The van der Waals surface area contributed by atoms with Gasteiger partial charge in [0.25, 0.3) is 5.69 Å². The highest BCUT2D eigenvalue weighted by Crippen LogP contribution is 2.35. The van der Waals surface area contributed by atoms with E-state index in [1.54, 1.807) is 0 Å². The lowest BCUT2D eigenvalue weighted by molar-refractivity contribution is -0.385. The van der Waals surface area contributed by atoms with Crippen molar-refractivity contribution in [3.05, 3.63) is 32.8 Å². The topological polar surface area (TPSA) is 116 Å². The van der Waals surface area contributed by atoms with Crippen LogP contribution in [0.5, 0.6) is 5.75 Å². The van der Waals surface area contributed by atoms with E-state index >= 15 is 0 Å². The highest BCUT2D eigenvalue weighted by atomic mass is 79.9. The number of hydrogen-bond acceptors (Lipinski definition) is 5. The second-order valence-electron chi connectivity index (χ2n) is 4.82. The summed E-state index contributed by atoms with van der Waals surface area (Å²) in [4.78, 5) is 21.3. The fraction of sp³-hybridized carbons (Fsp3) is 0.417. The average Bonchev–Trinajstić information content (AvgIpc) is 2.75. The number of nitro benzene ring substituents is 1. The van der Waals surface area contributed by atoms with Crippen LogP contribution in [0, 0.1) is 10.1 Å². The lowest BCUT2D eigenvalue weighted by Gasteiger charge is -2.19. The molecule has 0 saturated heterocycles. The molecule has 0 amide bonds. The molecule has 2 atom stereocenters. The van der Waals surface area contributed by atoms with Gasteiger partial charge in [-0.05, 0) is 34.8 Å². The number of benzene rings is 1. The van der Waals surface area contributed by atoms with Crippen molar-refractivity contribution in [3.8, 4) is 5.75 Å². The van der Waals surface area contributed by atoms with Gasteiger partial charge in [0, 0.05) is 12.5 Å². The van der Waals surface area contributed by atoms with Crippen LogP contribution in [0.15, 0.2) is 22.7 Å². The number of aliphatic carboxylic acids is 1. The molecule has 1 fully saturated rings. The summed E-state index contributed by atoms with van der Waals surface area (Å²) in [6.07, 6.45) is 0.629. The number of carboxylic acids is 1. The van der Waals surface area contributed by atoms with Crippen LogP contribution in [-0.4, -0.2) is 27.6 Å². The van der Waals surface area contributed by atoms with Crippen molar-refractivity contribution in [1.29, 1.82) is 0 Å². The molecule has 0 aliphatic heterocycles. The fourth-order valence-corrected chi connectivity index (χ4v) is 2.54. The Hall–Kier alpha value is -1.67. The largest absolute Gasteiger partial charge is 0.489 e. The van der Waals surface area contributed by atoms with Gasteiger partial charge in [-0.1, -0.05) is 0 Å². The quantitative estimate of drug-likeness (QED) is 0.637. The third kappa shape index (κ3) is 2.91. The predicted octanol–water partition coefficient (Wildman–Crippen LogP) is 2.07. The maximum atomic E-state index is 11.1. The minimum Gasteiger partial charge on any atom is -0.489 e. The molecule has 0 aromatic heterocycles. The summed E-state index contributed by atoms with van der Waals surface area (Å²) in [6.45, 7) is 0. The molecule has 8 heteroatoms. The standard InChI is InChI=1S/C12H13BrN2O5/c13-9-2-1-7(15(18)19)5-10(9)20-8-3-4-12(14,6-8)11(16)17/h1-2,5,8H,3-4,6,14H2,(H,16,17). The molecular weight excluding hydrogens is 332 g/mol. The van der Waals surface area contributed by atoms with Crippen LogP contribution in [0.3, 0.4) is 0 Å². The molecule has 1 aromatic rings. The second-order valence-corrected chi connectivity index (χ2v) is 5.67. The predicted molar refractivity (Wildman–Crippen MR) is 73.6 cm³/mol. The van der Waals surface area contributed by atoms with Crippen molar-refractivity contribution in [2.75, 3.05) is 0 Å². The first kappa shape index (κ1) is 14.7. The SMILES string of the molecule is NC1(C(=O)O)CCC(Oc2cc([N+](=O)[O-])ccc2Br)C1. The molecule has 0 spiro atoms. The monoisotopic (exact) mass is 344 g/mol. The summed E-state index contributed by atoms with van der Waals surface area (Å²) in [6, 6.07) is 4.19. The Bertz CT molecular complexity index is 565. The van der Waals surface area contributed by atoms with Crippen molar-refractivity contribution in [3.63, 3.8) is 0 Å². The molecule has 7 nitrogen and oxygen atoms in total. The van der Waals surface area contributed by atoms with Crippen LogP contribution in [-0.2, 0) is 4.79 Å². The molecule has 0 heterocycles. The summed E-state index contributed by atoms with van der Waals surface area (Å²) < 4.78 is 6.22. The van der Waals surface area contributed by atoms with Gasteiger partial charge >= 0.3 is 5.97 Å². The van der Waals surface area contributed by atoms with Crippen LogP contribution >= 0.6 is 15.9 Å². The van der Waals surface area contributed by atoms with Gasteiger partial charge in [0.05, 0.1) is 15.5 Å². The molecule has 108 valence electrons. The summed E-state index contributed by atoms with van der Waals surface area (Å²) in [5.41, 5.74) is 4.40. The first-order valence-electron chi connectivity index (χ1n) is 5.95. The van der Waals surface area contributed by atoms with Crippen LogP contribution in [0.2, 0.25) is 0 Å². The van der Waals surface area contributed by atoms with Crippen molar-refractivity contribution in [1.82, 2.24) is 0 Å². The van der Waals surface area contributed by atoms with Crippen molar-refractivity contribution in [2.24, 2.45) is 5.73 Å². The zero-order valence-corrected chi connectivity index (χ0v) is 12.0. The minimum absolute atomic E-state index is 0.0848. The van der Waals surface area contributed by atoms with E-state index in [2.05, 4.69) is 15.9 Å². The van der Waals surface area contributed by atoms with Crippen LogP contribution in [0.4, 0.5) is 5.69 Å². The van der Waals surface area contributed by atoms with Crippen molar-refractivity contribution in [2.45, 2.75) is 30.9 Å². The zero-order valence-electron chi connectivity index (χ0n) is 10.4. The van der Waals surface area contributed by atoms with E-state index in [1.165, 1.54) is 18.2 Å². The Morgan fingerprint density at radius 2 is 2.30 bits per heavy atom. The van der Waals surface area contributed by atoms with E-state index in [0.717, 1.165) is 0 Å². The van der Waals surface area contributed by atoms with Crippen LogP contribution in [0.25, 0.3) is 0 Å². The van der Waals surface area contributed by atoms with E-state index in [1.807, 2.05) is 0 Å². The smallest absolute Gasteiger partial charge is 0.323 e. The molecule has 20 heavy (non-hydrogen) atoms. The molecule has 1 aliphatic carbocycles. The Balaban J connectivity index is 2.14. The average molecular weight is 345 g/mol. The third-order valence-electron chi connectivity index (χ3n) is 3.35. The van der Waals surface area contributed by atoms with Gasteiger partial charge < -0.3 is 15.6 Å². The molecule has 2 rings (SSSR count). The lowest BCUT2D eigenvalue weighted by Crippen LogP contribution is -2.46. The van der Waals surface area contributed by atoms with E-state index in [4.69, 9.17) is 15.6 Å². The number of nitrogens with zero attached hydrogens (tertiary/aromatic N) is 1. The first-order chi connectivity index (χ1) is 9.32. The lowest BCUT2D eigenvalue weighted by atomic mass is 10.00. The van der Waals surface area contributed by atoms with Crippen LogP contribution < -0.4 is 10.5 Å². The molecule has 0 radical (unpaired) electrons. The maximum absolute atomic E-state index is 11.1. The number of nitro groups is 1. The van der Waals surface area contributed by atoms with E-state index in [-0.39, 0.29) is 18.2 Å². The van der Waals surface area contributed by atoms with Crippen LogP contribution in [0.1, 0.15) is 19.3 Å². The van der Waals surface area contributed by atoms with E-state index in [9.17, 15) is 14.9 Å². The highest BCUT2D eigenvalue weighted by Gasteiger charge is 2.43. The van der Waals surface area contributed by atoms with Crippen molar-refractivity contribution >= 4 is 27.6 Å². The van der Waals surface area contributed by atoms with E-state index in [0.29, 0.717) is 23.1 Å². The van der Waals surface area contributed by atoms with Gasteiger partial charge in [0.15, 0.2) is 0 Å². The molecule has 2 unspecified atom stereocenters. The minimum atomic E-state index is -1.28. The summed E-state index contributed by atoms with van der Waals surface area (Å²) in [5, 5.41) is 19.8. The first-order valence-corrected chi connectivity index (χ1v) is 6.74. The summed E-state index contributed by atoms with van der Waals surface area (Å²) in [7, 11) is 0. The van der Waals surface area contributed by atoms with Gasteiger partial charge in [0.1, 0.15) is 17.4 Å². The molecule has 0 bridgehead atoms. The number of rotatable bonds is 4. The summed E-state index contributed by atoms with van der Waals surface area (Å²) in [5.74, 6) is -0.736. The molecule has 1 aliphatic rings. The number of non-ortho nitro benzene ring substituents is 1. The van der Waals surface area contributed by atoms with Gasteiger partial charge in [0.2, 0.25) is 0 Å². The number of ether oxygens (including phenoxy) is 1. The third-order valence-corrected chi connectivity index (χ3v) is 4.00. The number of carbonyl (C=O) groups is 1. The molecule has 1 aromatic carbocycles. The molecule has 3 N–H and O–H groups in total. The molecule has 1 saturated carbocycles. The maximum Gasteiger partial charge on any atom is 0.323 e. The Kier molecular flexibility index (Phi) is 3.96. The van der Waals surface area contributed by atoms with Gasteiger partial charge in [-0.15, -0.1) is 0 Å². The molecular formula is C12H13BrN2O5. The van der Waals surface area contributed by atoms with Gasteiger partial charge in [-0.3, -0.25) is 14.9 Å². The number of halogens is 1. The second kappa shape index (κ2) is 5.37. The summed E-state index contributed by atoms with van der Waals surface area (Å²) >= 11 is 3.25. The van der Waals surface area contributed by atoms with E-state index < -0.39 is 16.4 Å². The number of carboxylic acid groups (broad SMARTS) is 1. The Labute approximate surface area is 123 Å². The highest BCUT2D eigenvalue weighted by molar-refractivity contribution is 9.10. The fourth-order valence-electron chi connectivity index (χ4n) is 2.20. The zero-order chi connectivity index (χ0) is 14.9. The normalized spacial score (nSPS) is 25.4. The number of nitrogens with two attached hydrogens (primary N) is 1. The van der Waals surface area contributed by atoms with Gasteiger partial charge in [-0.2, -0.15) is 0 Å². The van der Waals surface area contributed by atoms with Crippen molar-refractivity contribution < 1.29 is 19.6 Å². The Morgan fingerprint density at radius 3 is 2.85 bits per heavy atom. The number of hydrogen-bond donors (Lipinski definition) is 2.